The van der Waals surface area contributed by atoms with Crippen molar-refractivity contribution in [2.24, 2.45) is 0 Å². The van der Waals surface area contributed by atoms with Gasteiger partial charge in [-0.25, -0.2) is 9.78 Å². The third-order valence-electron chi connectivity index (χ3n) is 3.84. The van der Waals surface area contributed by atoms with E-state index in [9.17, 15) is 9.59 Å². The van der Waals surface area contributed by atoms with Crippen LogP contribution in [-0.2, 0) is 11.3 Å². The van der Waals surface area contributed by atoms with Crippen LogP contribution < -0.4 is 11.0 Å². The molecule has 1 atom stereocenters. The predicted molar refractivity (Wildman–Crippen MR) is 96.1 cm³/mol. The Hall–Kier alpha value is -3.27. The zero-order valence-electron chi connectivity index (χ0n) is 13.8. The maximum absolute atomic E-state index is 12.3. The number of nitrogens with zero attached hydrogens (tertiary/aromatic N) is 5. The molecule has 0 bridgehead atoms. The molecule has 26 heavy (non-hydrogen) atoms. The van der Waals surface area contributed by atoms with E-state index >= 15 is 0 Å². The summed E-state index contributed by atoms with van der Waals surface area (Å²) in [6, 6.07) is 10.9. The third-order valence-corrected chi connectivity index (χ3v) is 4.69. The highest BCUT2D eigenvalue weighted by molar-refractivity contribution is 7.12. The number of carbonyl (C=O) groups is 1. The molecule has 0 aliphatic rings. The molecule has 0 aliphatic heterocycles. The monoisotopic (exact) mass is 369 g/mol. The quantitative estimate of drug-likeness (QED) is 0.550. The van der Waals surface area contributed by atoms with Crippen molar-refractivity contribution in [3.05, 3.63) is 58.1 Å². The van der Waals surface area contributed by atoms with Gasteiger partial charge in [-0.2, -0.15) is 9.36 Å². The number of aromatic nitrogens is 6. The normalized spacial score (nSPS) is 12.3. The number of rotatable bonds is 5. The number of nitrogens with one attached hydrogen (secondary N) is 2. The molecule has 9 nitrogen and oxygen atoms in total. The van der Waals surface area contributed by atoms with Crippen molar-refractivity contribution in [2.45, 2.75) is 19.5 Å². The minimum Gasteiger partial charge on any atom is -0.345 e. The van der Waals surface area contributed by atoms with Crippen molar-refractivity contribution in [1.82, 2.24) is 35.1 Å². The molecule has 2 N–H and O–H groups in total. The van der Waals surface area contributed by atoms with E-state index in [4.69, 9.17) is 0 Å². The van der Waals surface area contributed by atoms with Crippen molar-refractivity contribution < 1.29 is 4.79 Å². The molecule has 10 heteroatoms. The number of tetrazole rings is 1. The Morgan fingerprint density at radius 3 is 2.88 bits per heavy atom. The van der Waals surface area contributed by atoms with Gasteiger partial charge in [0, 0.05) is 0 Å². The molecule has 4 rings (SSSR count). The lowest BCUT2D eigenvalue weighted by molar-refractivity contribution is -0.122. The highest BCUT2D eigenvalue weighted by Gasteiger charge is 2.16. The molecule has 0 radical (unpaired) electrons. The van der Waals surface area contributed by atoms with Gasteiger partial charge in [-0.05, 0) is 47.0 Å². The Labute approximate surface area is 151 Å². The highest BCUT2D eigenvalue weighted by atomic mass is 32.1. The molecular weight excluding hydrogens is 354 g/mol. The second-order valence-electron chi connectivity index (χ2n) is 5.71. The lowest BCUT2D eigenvalue weighted by Crippen LogP contribution is -2.35. The Kier molecular flexibility index (Phi) is 4.09. The summed E-state index contributed by atoms with van der Waals surface area (Å²) in [7, 11) is 0. The Balaban J connectivity index is 1.46. The summed E-state index contributed by atoms with van der Waals surface area (Å²) in [5.74, 6) is 0.299. The van der Waals surface area contributed by atoms with Crippen LogP contribution in [0.25, 0.3) is 16.0 Å². The summed E-state index contributed by atoms with van der Waals surface area (Å²) in [6.45, 7) is 1.61. The van der Waals surface area contributed by atoms with Crippen LogP contribution in [0.15, 0.2) is 46.6 Å². The zero-order chi connectivity index (χ0) is 18.1. The number of hydrogen-bond donors (Lipinski definition) is 2. The van der Waals surface area contributed by atoms with Crippen molar-refractivity contribution in [3.8, 4) is 5.00 Å². The first kappa shape index (κ1) is 16.2. The largest absolute Gasteiger partial charge is 0.369 e. The maximum atomic E-state index is 12.3. The van der Waals surface area contributed by atoms with Crippen LogP contribution in [0.4, 0.5) is 0 Å². The van der Waals surface area contributed by atoms with Crippen molar-refractivity contribution in [1.29, 1.82) is 0 Å². The molecule has 0 fully saturated rings. The molecule has 0 unspecified atom stereocenters. The summed E-state index contributed by atoms with van der Waals surface area (Å²) in [4.78, 5) is 32.2. The van der Waals surface area contributed by atoms with Gasteiger partial charge in [0.25, 0.3) is 0 Å². The van der Waals surface area contributed by atoms with Crippen LogP contribution in [0.2, 0.25) is 0 Å². The van der Waals surface area contributed by atoms with Gasteiger partial charge in [0.15, 0.2) is 0 Å². The summed E-state index contributed by atoms with van der Waals surface area (Å²) >= 11 is 1.37. The number of amides is 1. The van der Waals surface area contributed by atoms with Gasteiger partial charge in [0.1, 0.15) is 17.4 Å². The van der Waals surface area contributed by atoms with E-state index in [1.54, 1.807) is 6.07 Å². The topological polar surface area (TPSA) is 110 Å². The fourth-order valence-corrected chi connectivity index (χ4v) is 3.24. The first-order valence-corrected chi connectivity index (χ1v) is 8.80. The van der Waals surface area contributed by atoms with Crippen molar-refractivity contribution in [2.75, 3.05) is 0 Å². The summed E-state index contributed by atoms with van der Waals surface area (Å²) in [5.41, 5.74) is 1.27. The Morgan fingerprint density at radius 2 is 2.12 bits per heavy atom. The van der Waals surface area contributed by atoms with E-state index in [1.807, 2.05) is 42.6 Å². The summed E-state index contributed by atoms with van der Waals surface area (Å²) in [6.07, 6.45) is 0. The van der Waals surface area contributed by atoms with Gasteiger partial charge in [-0.3, -0.25) is 4.79 Å². The minimum absolute atomic E-state index is 0.214. The molecule has 0 saturated heterocycles. The number of carbonyl (C=O) groups excluding carboxylic acids is 1. The van der Waals surface area contributed by atoms with E-state index in [0.29, 0.717) is 10.8 Å². The second kappa shape index (κ2) is 6.56. The van der Waals surface area contributed by atoms with E-state index < -0.39 is 5.69 Å². The second-order valence-corrected chi connectivity index (χ2v) is 6.64. The molecule has 0 spiro atoms. The number of thiophene rings is 1. The van der Waals surface area contributed by atoms with Gasteiger partial charge in [-0.1, -0.05) is 12.1 Å². The number of benzene rings is 1. The molecule has 1 aromatic carbocycles. The number of imidazole rings is 1. The molecule has 0 aliphatic carbocycles. The number of para-hydroxylation sites is 2. The van der Waals surface area contributed by atoms with Gasteiger partial charge >= 0.3 is 5.69 Å². The Bertz CT molecular complexity index is 1080. The van der Waals surface area contributed by atoms with Crippen molar-refractivity contribution >= 4 is 28.3 Å². The smallest absolute Gasteiger partial charge is 0.345 e. The molecule has 3 heterocycles. The van der Waals surface area contributed by atoms with Gasteiger partial charge in [0.2, 0.25) is 5.91 Å². The first-order chi connectivity index (χ1) is 12.6. The van der Waals surface area contributed by atoms with E-state index in [2.05, 4.69) is 25.7 Å². The van der Waals surface area contributed by atoms with Crippen LogP contribution in [0.1, 0.15) is 18.8 Å². The molecule has 1 amide bonds. The van der Waals surface area contributed by atoms with Crippen LogP contribution in [0, 0.1) is 0 Å². The fourth-order valence-electron chi connectivity index (χ4n) is 2.57. The SMILES string of the molecule is C[C@H](NC(=O)Cn1nnn(-c2cccs2)c1=O)c1nc2ccccc2[nH]1. The van der Waals surface area contributed by atoms with Gasteiger partial charge < -0.3 is 10.3 Å². The fraction of sp³-hybridized carbons (Fsp3) is 0.188. The van der Waals surface area contributed by atoms with Crippen LogP contribution in [0.5, 0.6) is 0 Å². The summed E-state index contributed by atoms with van der Waals surface area (Å²) < 4.78 is 2.20. The molecular formula is C16H15N7O2S. The lowest BCUT2D eigenvalue weighted by atomic mass is 10.3. The number of H-pyrrole nitrogens is 1. The van der Waals surface area contributed by atoms with E-state index in [0.717, 1.165) is 15.7 Å². The third kappa shape index (κ3) is 3.02. The van der Waals surface area contributed by atoms with Crippen LogP contribution in [-0.4, -0.2) is 35.7 Å². The molecule has 3 aromatic heterocycles. The maximum Gasteiger partial charge on any atom is 0.369 e. The minimum atomic E-state index is -0.459. The van der Waals surface area contributed by atoms with Crippen LogP contribution >= 0.6 is 11.3 Å². The van der Waals surface area contributed by atoms with Gasteiger partial charge in [0.05, 0.1) is 17.1 Å². The first-order valence-electron chi connectivity index (χ1n) is 7.92. The lowest BCUT2D eigenvalue weighted by Gasteiger charge is -2.10. The number of fused-ring (bicyclic) bond motifs is 1. The molecule has 4 aromatic rings. The Morgan fingerprint density at radius 1 is 1.27 bits per heavy atom. The van der Waals surface area contributed by atoms with Crippen LogP contribution in [0.3, 0.4) is 0 Å². The number of aromatic amines is 1. The number of hydrogen-bond acceptors (Lipinski definition) is 6. The standard InChI is InChI=1S/C16H15N7O2S/c1-10(15-18-11-5-2-3-6-12(11)19-15)17-13(24)9-22-16(25)23(21-20-22)14-7-4-8-26-14/h2-8,10H,9H2,1H3,(H,17,24)(H,18,19)/t10-/m0/s1. The molecule has 132 valence electrons. The average Bonchev–Trinajstić information content (AvgIpc) is 3.35. The zero-order valence-corrected chi connectivity index (χ0v) is 14.6. The van der Waals surface area contributed by atoms with Gasteiger partial charge in [-0.15, -0.1) is 11.3 Å². The summed E-state index contributed by atoms with van der Waals surface area (Å²) in [5, 5.41) is 12.9. The highest BCUT2D eigenvalue weighted by Crippen LogP contribution is 2.15. The predicted octanol–water partition coefficient (Wildman–Crippen LogP) is 1.24. The van der Waals surface area contributed by atoms with E-state index in [1.165, 1.54) is 16.0 Å². The molecule has 0 saturated carbocycles. The average molecular weight is 369 g/mol. The van der Waals surface area contributed by atoms with Crippen molar-refractivity contribution in [3.63, 3.8) is 0 Å². The van der Waals surface area contributed by atoms with E-state index in [-0.39, 0.29) is 18.5 Å².